The van der Waals surface area contributed by atoms with Crippen LogP contribution in [0.2, 0.25) is 0 Å². The molecular formula is C102H159N15O8. The van der Waals surface area contributed by atoms with Crippen LogP contribution in [0.15, 0.2) is 72.8 Å². The third kappa shape index (κ3) is 25.5. The minimum atomic E-state index is 0.400. The van der Waals surface area contributed by atoms with Crippen molar-refractivity contribution in [1.82, 2.24) is 59.3 Å². The molecule has 0 spiro atoms. The van der Waals surface area contributed by atoms with E-state index in [0.717, 1.165) is 203 Å². The molecule has 12 fully saturated rings. The molecule has 6 aromatic heterocycles. The number of hydrogen-bond acceptors (Lipinski definition) is 23. The molecule has 0 aromatic carbocycles. The maximum Gasteiger partial charge on any atom is 0.132 e. The van der Waals surface area contributed by atoms with Crippen LogP contribution in [0.5, 0.6) is 0 Å². The average Bonchev–Trinajstić information content (AvgIpc) is 1.78. The van der Waals surface area contributed by atoms with Crippen LogP contribution in [0.25, 0.3) is 0 Å². The molecule has 125 heavy (non-hydrogen) atoms. The number of methoxy groups -OCH3 is 2. The molecule has 23 heteroatoms. The van der Waals surface area contributed by atoms with Gasteiger partial charge in [0.05, 0.1) is 68.9 Å². The van der Waals surface area contributed by atoms with Crippen LogP contribution in [0, 0.1) is 0 Å². The van der Waals surface area contributed by atoms with Gasteiger partial charge in [-0.15, -0.1) is 0 Å². The molecule has 0 saturated carbocycles. The van der Waals surface area contributed by atoms with Gasteiger partial charge < -0.3 is 67.3 Å². The van der Waals surface area contributed by atoms with Gasteiger partial charge in [0.25, 0.3) is 0 Å². The molecule has 0 amide bonds. The van der Waals surface area contributed by atoms with Crippen molar-refractivity contribution in [3.63, 3.8) is 0 Å². The molecule has 6 aromatic rings. The Bertz CT molecular complexity index is 3960. The van der Waals surface area contributed by atoms with E-state index >= 15 is 0 Å². The van der Waals surface area contributed by atoms with Crippen molar-refractivity contribution in [3.8, 4) is 0 Å². The second kappa shape index (κ2) is 46.0. The van der Waals surface area contributed by atoms with Gasteiger partial charge >= 0.3 is 0 Å². The molecule has 18 rings (SSSR count). The van der Waals surface area contributed by atoms with Gasteiger partial charge in [0.15, 0.2) is 0 Å². The van der Waals surface area contributed by atoms with Crippen LogP contribution in [-0.2, 0) is 57.5 Å². The van der Waals surface area contributed by atoms with Gasteiger partial charge in [0, 0.05) is 243 Å². The Balaban J connectivity index is 0.000000129. The quantitative estimate of drug-likeness (QED) is 0.0500. The number of hydrogen-bond donors (Lipinski definition) is 0. The van der Waals surface area contributed by atoms with Gasteiger partial charge in [0.2, 0.25) is 0 Å². The predicted molar refractivity (Wildman–Crippen MR) is 505 cm³/mol. The Morgan fingerprint density at radius 1 is 0.296 bits per heavy atom. The zero-order valence-corrected chi connectivity index (χ0v) is 80.5. The summed E-state index contributed by atoms with van der Waals surface area (Å²) < 4.78 is 44.2. The Hall–Kier alpha value is -6.26. The molecule has 12 saturated heterocycles. The van der Waals surface area contributed by atoms with Crippen molar-refractivity contribution in [1.29, 1.82) is 0 Å². The van der Waals surface area contributed by atoms with E-state index in [0.29, 0.717) is 101 Å². The standard InChI is InChI=1S/3C17H27N3O.2C17H26N2O2.C17H26N2O/c3*1-12(2)16-6-5-15(13-7-8-21-11-13)17(18-16)20-9-14(10-20)19(3)4;2*1-12(2)16-5-4-15(13-6-7-21-11-13)17(18-16)10-19-8-14(9-19)20-3;1-13(2)16-6-5-15(14-7-10-20-12-14)17(18-16)11-19-8-3-4-9-19/h3*5-6,12-14H,7-11H2,1-4H3;2*4-5,12-14H,6-11H2,1-3H3;5-6,13-14H,3-4,7-12H2,1-2H3/t2*13-;;2*13-;/m10.10./s1. The van der Waals surface area contributed by atoms with Crippen molar-refractivity contribution in [3.05, 3.63) is 157 Å². The van der Waals surface area contributed by atoms with E-state index in [-0.39, 0.29) is 0 Å². The van der Waals surface area contributed by atoms with E-state index in [1.54, 1.807) is 14.2 Å². The molecule has 23 nitrogen and oxygen atoms in total. The fraction of sp³-hybridized carbons (Fsp3) is 0.706. The fourth-order valence-electron chi connectivity index (χ4n) is 18.9. The van der Waals surface area contributed by atoms with E-state index in [1.807, 2.05) is 0 Å². The van der Waals surface area contributed by atoms with Crippen molar-refractivity contribution in [2.45, 2.75) is 255 Å². The lowest BCUT2D eigenvalue weighted by Gasteiger charge is -2.44. The first kappa shape index (κ1) is 96.3. The van der Waals surface area contributed by atoms with Crippen molar-refractivity contribution in [2.75, 3.05) is 229 Å². The number of likely N-dealkylation sites (N-methyl/N-ethyl adjacent to an activating group) is 3. The van der Waals surface area contributed by atoms with Crippen LogP contribution >= 0.6 is 0 Å². The molecule has 0 bridgehead atoms. The zero-order valence-electron chi connectivity index (χ0n) is 80.5. The number of nitrogens with zero attached hydrogens (tertiary/aromatic N) is 15. The number of anilines is 3. The van der Waals surface area contributed by atoms with Crippen molar-refractivity contribution < 1.29 is 37.9 Å². The molecule has 0 N–H and O–H groups in total. The SMILES string of the molecule is CC(C)c1ccc(C2CCOC2)c(CN2CCCC2)n1.CC(C)c1ccc(C2CCOC2)c(N2CC(N(C)C)C2)n1.CC(C)c1ccc([C@@H]2CCOC2)c(N2CC(N(C)C)C2)n1.CC(C)c1ccc([C@H]2CCOC2)c(N2CC(N(C)C)C2)n1.COC1CN(Cc2nc(C(C)C)ccc2[C@@H]2CCOC2)C1.COC1CN(Cc2nc(C(C)C)ccc2[C@H]2CCOC2)C1. The number of rotatable bonds is 26. The maximum absolute atomic E-state index is 5.58. The van der Waals surface area contributed by atoms with E-state index in [2.05, 4.69) is 242 Å². The van der Waals surface area contributed by atoms with Gasteiger partial charge in [-0.25, -0.2) is 15.0 Å². The summed E-state index contributed by atoms with van der Waals surface area (Å²) in [5.41, 5.74) is 19.3. The number of aromatic nitrogens is 6. The Morgan fingerprint density at radius 3 is 0.720 bits per heavy atom. The Labute approximate surface area is 752 Å². The van der Waals surface area contributed by atoms with E-state index in [1.165, 1.54) is 128 Å². The van der Waals surface area contributed by atoms with Crippen LogP contribution in [0.3, 0.4) is 0 Å². The first-order chi connectivity index (χ1) is 60.3. The van der Waals surface area contributed by atoms with Gasteiger partial charge in [0.1, 0.15) is 17.5 Å². The molecular weight excluding hydrogens is 1560 g/mol. The highest BCUT2D eigenvalue weighted by Gasteiger charge is 2.39. The molecule has 18 heterocycles. The number of pyridine rings is 6. The van der Waals surface area contributed by atoms with Gasteiger partial charge in [-0.2, -0.15) is 0 Å². The van der Waals surface area contributed by atoms with Gasteiger partial charge in [-0.3, -0.25) is 29.7 Å². The maximum atomic E-state index is 5.58. The molecule has 690 valence electrons. The van der Waals surface area contributed by atoms with E-state index in [4.69, 9.17) is 67.8 Å². The lowest BCUT2D eigenvalue weighted by Crippen LogP contribution is -2.58. The second-order valence-electron chi connectivity index (χ2n) is 40.2. The van der Waals surface area contributed by atoms with Crippen molar-refractivity contribution in [2.24, 2.45) is 0 Å². The summed E-state index contributed by atoms with van der Waals surface area (Å²) in [5, 5.41) is 0. The monoisotopic (exact) mass is 1720 g/mol. The first-order valence-electron chi connectivity index (χ1n) is 48.2. The van der Waals surface area contributed by atoms with E-state index in [9.17, 15) is 0 Å². The normalized spacial score (nSPS) is 23.4. The lowest BCUT2D eigenvalue weighted by molar-refractivity contribution is -0.0341. The van der Waals surface area contributed by atoms with Crippen LogP contribution in [-0.4, -0.2) is 304 Å². The first-order valence-corrected chi connectivity index (χ1v) is 48.2. The highest BCUT2D eigenvalue weighted by Crippen LogP contribution is 2.41. The van der Waals surface area contributed by atoms with Gasteiger partial charge in [-0.05, 0) is 195 Å². The topological polar surface area (TPSA) is 180 Å². The largest absolute Gasteiger partial charge is 0.381 e. The highest BCUT2D eigenvalue weighted by molar-refractivity contribution is 5.56. The lowest BCUT2D eigenvalue weighted by atomic mass is 9.94. The third-order valence-electron chi connectivity index (χ3n) is 28.1. The summed E-state index contributed by atoms with van der Waals surface area (Å²) >= 11 is 0. The molecule has 2 unspecified atom stereocenters. The smallest absolute Gasteiger partial charge is 0.132 e. The summed E-state index contributed by atoms with van der Waals surface area (Å²) in [7, 11) is 16.5. The Morgan fingerprint density at radius 2 is 0.512 bits per heavy atom. The predicted octanol–water partition coefficient (Wildman–Crippen LogP) is 15.8. The summed E-state index contributed by atoms with van der Waals surface area (Å²) in [6.45, 7) is 52.9. The van der Waals surface area contributed by atoms with E-state index < -0.39 is 0 Å². The zero-order chi connectivity index (χ0) is 88.5. The fourth-order valence-corrected chi connectivity index (χ4v) is 18.9. The molecule has 12 aliphatic rings. The molecule has 12 aliphatic heterocycles. The molecule has 6 atom stereocenters. The summed E-state index contributed by atoms with van der Waals surface area (Å²) in [6, 6.07) is 28.9. The molecule has 0 aliphatic carbocycles. The van der Waals surface area contributed by atoms with Crippen molar-refractivity contribution >= 4 is 17.5 Å². The van der Waals surface area contributed by atoms with Crippen LogP contribution in [0.1, 0.15) is 290 Å². The summed E-state index contributed by atoms with van der Waals surface area (Å²) in [6.07, 6.45) is 10.2. The van der Waals surface area contributed by atoms with Gasteiger partial charge in [-0.1, -0.05) is 119 Å². The highest BCUT2D eigenvalue weighted by atomic mass is 16.5. The average molecular weight is 1720 g/mol. The van der Waals surface area contributed by atoms with Crippen LogP contribution < -0.4 is 14.7 Å². The Kier molecular flexibility index (Phi) is 35.4. The van der Waals surface area contributed by atoms with Crippen LogP contribution in [0.4, 0.5) is 17.5 Å². The summed E-state index contributed by atoms with van der Waals surface area (Å²) in [5.74, 6) is 9.65. The minimum Gasteiger partial charge on any atom is -0.381 e. The molecule has 0 radical (unpaired) electrons. The summed E-state index contributed by atoms with van der Waals surface area (Å²) in [4.78, 5) is 51.4. The number of likely N-dealkylation sites (tertiary alicyclic amines) is 3. The number of ether oxygens (including phenoxy) is 8. The second-order valence-corrected chi connectivity index (χ2v) is 40.2. The minimum absolute atomic E-state index is 0.400. The third-order valence-corrected chi connectivity index (χ3v) is 28.1.